The Kier molecular flexibility index (Phi) is 8.97. The van der Waals surface area contributed by atoms with Crippen LogP contribution in [0.1, 0.15) is 27.0 Å². The van der Waals surface area contributed by atoms with Gasteiger partial charge in [-0.15, -0.1) is 6.42 Å². The van der Waals surface area contributed by atoms with Crippen LogP contribution in [0.4, 0.5) is 16.2 Å². The van der Waals surface area contributed by atoms with Crippen molar-refractivity contribution < 1.29 is 37.4 Å². The minimum atomic E-state index is -4.45. The molecule has 1 aliphatic rings. The highest BCUT2D eigenvalue weighted by molar-refractivity contribution is 7.52. The number of esters is 1. The van der Waals surface area contributed by atoms with Crippen LogP contribution in [0, 0.1) is 12.3 Å². The number of aliphatic hydroxyl groups excluding tert-OH is 1. The van der Waals surface area contributed by atoms with Crippen molar-refractivity contribution in [2.24, 2.45) is 0 Å². The summed E-state index contributed by atoms with van der Waals surface area (Å²) in [6.07, 6.45) is 1.31. The predicted octanol–water partition coefficient (Wildman–Crippen LogP) is 3.34. The second-order valence-electron chi connectivity index (χ2n) is 10.6. The number of halogens is 1. The van der Waals surface area contributed by atoms with Crippen LogP contribution in [0.15, 0.2) is 48.8 Å². The summed E-state index contributed by atoms with van der Waals surface area (Å²) in [5.41, 5.74) is 3.37. The Morgan fingerprint density at radius 1 is 1.27 bits per heavy atom. The Bertz CT molecular complexity index is 1810. The van der Waals surface area contributed by atoms with Gasteiger partial charge in [0, 0.05) is 12.4 Å². The van der Waals surface area contributed by atoms with Crippen LogP contribution in [-0.2, 0) is 23.4 Å². The first-order valence-corrected chi connectivity index (χ1v) is 15.5. The maximum absolute atomic E-state index is 16.3. The van der Waals surface area contributed by atoms with E-state index in [-0.39, 0.29) is 28.7 Å². The van der Waals surface area contributed by atoms with Crippen LogP contribution in [0.5, 0.6) is 5.75 Å². The second-order valence-corrected chi connectivity index (χ2v) is 12.3. The first-order valence-electron chi connectivity index (χ1n) is 14.0. The third-order valence-corrected chi connectivity index (χ3v) is 8.66. The first-order chi connectivity index (χ1) is 21.4. The Labute approximate surface area is 258 Å². The van der Waals surface area contributed by atoms with Crippen molar-refractivity contribution in [1.82, 2.24) is 24.6 Å². The van der Waals surface area contributed by atoms with Crippen molar-refractivity contribution in [2.75, 3.05) is 24.7 Å². The minimum absolute atomic E-state index is 0.0898. The molecule has 0 saturated carbocycles. The topological polar surface area (TPSA) is 185 Å². The Balaban J connectivity index is 1.44. The largest absolute Gasteiger partial charge is 0.462 e. The van der Waals surface area contributed by atoms with E-state index >= 15 is 4.39 Å². The third-order valence-electron chi connectivity index (χ3n) is 7.03. The van der Waals surface area contributed by atoms with Crippen molar-refractivity contribution in [1.29, 1.82) is 0 Å². The normalized spacial score (nSPS) is 23.5. The van der Waals surface area contributed by atoms with Crippen molar-refractivity contribution in [3.8, 4) is 18.1 Å². The number of imidazole rings is 1. The Morgan fingerprint density at radius 2 is 2.00 bits per heavy atom. The maximum Gasteiger partial charge on any atom is 0.459 e. The maximum atomic E-state index is 16.3. The molecule has 3 heterocycles. The van der Waals surface area contributed by atoms with Gasteiger partial charge in [-0.3, -0.25) is 13.9 Å². The average molecular weight is 642 g/mol. The van der Waals surface area contributed by atoms with Gasteiger partial charge in [-0.25, -0.2) is 13.9 Å². The summed E-state index contributed by atoms with van der Waals surface area (Å²) < 4.78 is 54.5. The zero-order chi connectivity index (χ0) is 32.5. The smallest absolute Gasteiger partial charge is 0.459 e. The molecule has 2 aromatic carbocycles. The van der Waals surface area contributed by atoms with E-state index < -0.39 is 56.6 Å². The minimum Gasteiger partial charge on any atom is -0.462 e. The zero-order valence-electron chi connectivity index (χ0n) is 24.9. The lowest BCUT2D eigenvalue weighted by Crippen LogP contribution is -2.42. The molecule has 5 rings (SSSR count). The molecule has 14 nitrogen and oxygen atoms in total. The number of fused-ring (bicyclic) bond motifs is 2. The fourth-order valence-corrected chi connectivity index (χ4v) is 6.40. The highest BCUT2D eigenvalue weighted by Gasteiger charge is 2.58. The number of benzene rings is 2. The first kappa shape index (κ1) is 32.1. The molecule has 0 unspecified atom stereocenters. The number of hydrogen-bond acceptors (Lipinski definition) is 12. The van der Waals surface area contributed by atoms with Crippen LogP contribution >= 0.6 is 7.75 Å². The zero-order valence-corrected chi connectivity index (χ0v) is 25.8. The highest BCUT2D eigenvalue weighted by Crippen LogP contribution is 2.49. The van der Waals surface area contributed by atoms with Gasteiger partial charge in [-0.2, -0.15) is 15.1 Å². The van der Waals surface area contributed by atoms with Gasteiger partial charge >= 0.3 is 13.7 Å². The molecule has 16 heteroatoms. The molecule has 0 bridgehead atoms. The summed E-state index contributed by atoms with van der Waals surface area (Å²) in [6.45, 7) is 4.09. The fraction of sp³-hybridized carbons (Fsp3) is 0.379. The van der Waals surface area contributed by atoms with Crippen molar-refractivity contribution in [3.05, 3.63) is 48.8 Å². The van der Waals surface area contributed by atoms with Gasteiger partial charge in [-0.05, 0) is 32.2 Å². The molecule has 6 atom stereocenters. The van der Waals surface area contributed by atoms with E-state index in [2.05, 4.69) is 25.4 Å². The van der Waals surface area contributed by atoms with E-state index in [0.717, 1.165) is 5.39 Å². The van der Waals surface area contributed by atoms with Gasteiger partial charge in [0.15, 0.2) is 23.2 Å². The van der Waals surface area contributed by atoms with Crippen LogP contribution in [0.25, 0.3) is 21.9 Å². The summed E-state index contributed by atoms with van der Waals surface area (Å²) in [5, 5.41) is 17.9. The Hall–Kier alpha value is -4.32. The third kappa shape index (κ3) is 6.28. The number of rotatable bonds is 11. The van der Waals surface area contributed by atoms with Crippen LogP contribution in [0.3, 0.4) is 0 Å². The van der Waals surface area contributed by atoms with Gasteiger partial charge < -0.3 is 30.2 Å². The summed E-state index contributed by atoms with van der Waals surface area (Å²) in [6, 6.07) is 11.2. The number of nitrogens with zero attached hydrogens (tertiary/aromatic N) is 4. The van der Waals surface area contributed by atoms with Crippen molar-refractivity contribution in [2.45, 2.75) is 57.0 Å². The highest BCUT2D eigenvalue weighted by atomic mass is 31.2. The monoisotopic (exact) mass is 641 g/mol. The number of terminal acetylenes is 1. The van der Waals surface area contributed by atoms with Gasteiger partial charge in [-0.1, -0.05) is 42.3 Å². The molecule has 0 radical (unpaired) electrons. The summed E-state index contributed by atoms with van der Waals surface area (Å²) in [4.78, 5) is 25.0. The number of nitrogens with one attached hydrogen (secondary N) is 2. The van der Waals surface area contributed by atoms with Crippen LogP contribution in [-0.4, -0.2) is 74.3 Å². The number of aliphatic hydroxyl groups is 1. The van der Waals surface area contributed by atoms with E-state index in [1.165, 1.54) is 17.8 Å². The standard InChI is InChI=1S/C29H33FN7O7P/c1-6-29(30)23(38)21(43-27(29)37-15-33-22-24(32-5)34-28(31)35-25(22)37)14-41-45(40,36-17(4)26(39)42-16(2)3)44-20-13-9-11-18-10-7-8-12-19(18)20/h1,7-13,15-17,21,23,27,38H,14H2,2-5H3,(H,36,40)(H3,31,32,34,35)/t17-,21-,23-,27-,29-,45+/m1/s1. The Morgan fingerprint density at radius 3 is 2.71 bits per heavy atom. The average Bonchev–Trinajstić information content (AvgIpc) is 3.53. The molecule has 5 N–H and O–H groups in total. The SMILES string of the molecule is C#C[C@@]1(F)[C@H](O)[C@@H](CO[P@@](=O)(N[C@H](C)C(=O)OC(C)C)Oc2cccc3ccccc23)O[C@H]1n1cnc2c(NC)nc(N)nc21. The summed E-state index contributed by atoms with van der Waals surface area (Å²) in [7, 11) is -2.85. The lowest BCUT2D eigenvalue weighted by molar-refractivity contribution is -0.149. The number of carbonyl (C=O) groups is 1. The van der Waals surface area contributed by atoms with Crippen molar-refractivity contribution in [3.63, 3.8) is 0 Å². The fourth-order valence-electron chi connectivity index (χ4n) is 4.88. The van der Waals surface area contributed by atoms with Crippen molar-refractivity contribution >= 4 is 47.4 Å². The molecule has 4 aromatic rings. The number of carbonyl (C=O) groups excluding carboxylic acids is 1. The van der Waals surface area contributed by atoms with Crippen LogP contribution < -0.4 is 20.7 Å². The lowest BCUT2D eigenvalue weighted by atomic mass is 9.97. The predicted molar refractivity (Wildman–Crippen MR) is 164 cm³/mol. The molecule has 238 valence electrons. The summed E-state index contributed by atoms with van der Waals surface area (Å²) in [5.74, 6) is 1.60. The number of ether oxygens (including phenoxy) is 2. The number of hydrogen-bond donors (Lipinski definition) is 4. The summed E-state index contributed by atoms with van der Waals surface area (Å²) >= 11 is 0. The molecule has 0 aliphatic carbocycles. The molecule has 2 aromatic heterocycles. The van der Waals surface area contributed by atoms with E-state index in [1.54, 1.807) is 45.2 Å². The quantitative estimate of drug-likeness (QED) is 0.106. The molecular formula is C29H33FN7O7P. The van der Waals surface area contributed by atoms with Gasteiger partial charge in [0.2, 0.25) is 11.6 Å². The van der Waals surface area contributed by atoms with Gasteiger partial charge in [0.05, 0.1) is 19.0 Å². The number of nitrogens with two attached hydrogens (primary N) is 1. The second kappa shape index (κ2) is 12.6. The number of aromatic nitrogens is 4. The van der Waals surface area contributed by atoms with E-state index in [0.29, 0.717) is 5.39 Å². The molecule has 0 spiro atoms. The molecular weight excluding hydrogens is 608 g/mol. The number of anilines is 2. The molecule has 1 saturated heterocycles. The molecule has 45 heavy (non-hydrogen) atoms. The number of nitrogen functional groups attached to an aromatic ring is 1. The van der Waals surface area contributed by atoms with E-state index in [4.69, 9.17) is 30.7 Å². The van der Waals surface area contributed by atoms with Gasteiger partial charge in [0.25, 0.3) is 0 Å². The molecule has 1 aliphatic heterocycles. The van der Waals surface area contributed by atoms with Gasteiger partial charge in [0.1, 0.15) is 24.0 Å². The van der Waals surface area contributed by atoms with E-state index in [1.807, 2.05) is 24.1 Å². The lowest BCUT2D eigenvalue weighted by Gasteiger charge is -2.25. The molecule has 1 fully saturated rings. The van der Waals surface area contributed by atoms with Crippen LogP contribution in [0.2, 0.25) is 0 Å². The number of alkyl halides is 1. The van der Waals surface area contributed by atoms with E-state index in [9.17, 15) is 14.5 Å². The molecule has 0 amide bonds.